The molecule has 2 aromatic carbocycles. The summed E-state index contributed by atoms with van der Waals surface area (Å²) in [4.78, 5) is 16.6. The van der Waals surface area contributed by atoms with Crippen molar-refractivity contribution < 1.29 is 31.9 Å². The van der Waals surface area contributed by atoms with Crippen molar-refractivity contribution in [3.05, 3.63) is 66.1 Å². The van der Waals surface area contributed by atoms with E-state index in [1.165, 1.54) is 0 Å². The van der Waals surface area contributed by atoms with Crippen molar-refractivity contribution in [2.45, 2.75) is 19.2 Å². The molecule has 3 aromatic rings. The lowest BCUT2D eigenvalue weighted by molar-refractivity contribution is -0.174. The number of alkyl halides is 3. The lowest BCUT2D eigenvalue weighted by Crippen LogP contribution is -2.48. The first-order valence-electron chi connectivity index (χ1n) is 11.2. The van der Waals surface area contributed by atoms with Gasteiger partial charge in [0, 0.05) is 39.3 Å². The van der Waals surface area contributed by atoms with Gasteiger partial charge in [-0.05, 0) is 41.5 Å². The Morgan fingerprint density at radius 1 is 0.971 bits per heavy atom. The number of rotatable bonds is 9. The minimum absolute atomic E-state index is 0.0646. The molecule has 0 atom stereocenters. The van der Waals surface area contributed by atoms with Crippen molar-refractivity contribution in [1.82, 2.24) is 9.80 Å². The molecule has 1 saturated heterocycles. The van der Waals surface area contributed by atoms with Crippen molar-refractivity contribution in [1.29, 1.82) is 0 Å². The van der Waals surface area contributed by atoms with E-state index < -0.39 is 12.8 Å². The van der Waals surface area contributed by atoms with Gasteiger partial charge in [-0.15, -0.1) is 0 Å². The number of hydrogen-bond acceptors (Lipinski definition) is 5. The quantitative estimate of drug-likeness (QED) is 0.418. The molecule has 0 bridgehead atoms. The molecule has 0 aliphatic carbocycles. The monoisotopic (exact) mass is 476 g/mol. The summed E-state index contributed by atoms with van der Waals surface area (Å²) in [5.74, 6) is 1.38. The molecule has 0 saturated carbocycles. The molecular formula is C25H27F3N2O4. The fraction of sp³-hybridized carbons (Fsp3) is 0.400. The fourth-order valence-corrected chi connectivity index (χ4v) is 3.89. The number of benzene rings is 2. The lowest BCUT2D eigenvalue weighted by atomic mass is 10.1. The second-order valence-corrected chi connectivity index (χ2v) is 8.22. The van der Waals surface area contributed by atoms with E-state index in [9.17, 15) is 18.0 Å². The molecule has 0 N–H and O–H groups in total. The van der Waals surface area contributed by atoms with Gasteiger partial charge in [-0.25, -0.2) is 0 Å². The van der Waals surface area contributed by atoms with Gasteiger partial charge in [0.25, 0.3) is 5.91 Å². The van der Waals surface area contributed by atoms with Crippen LogP contribution in [-0.4, -0.2) is 67.8 Å². The normalized spacial score (nSPS) is 15.1. The van der Waals surface area contributed by atoms with Crippen LogP contribution in [0, 0.1) is 0 Å². The topological polar surface area (TPSA) is 55.2 Å². The van der Waals surface area contributed by atoms with E-state index in [0.717, 1.165) is 16.5 Å². The van der Waals surface area contributed by atoms with Gasteiger partial charge in [0.05, 0.1) is 0 Å². The highest BCUT2D eigenvalue weighted by atomic mass is 19.4. The molecule has 2 heterocycles. The summed E-state index contributed by atoms with van der Waals surface area (Å²) in [5, 5.41) is 2.22. The number of amides is 1. The van der Waals surface area contributed by atoms with Gasteiger partial charge in [-0.3, -0.25) is 9.69 Å². The maximum absolute atomic E-state index is 12.8. The Morgan fingerprint density at radius 3 is 2.50 bits per heavy atom. The standard InChI is InChI=1S/C25H27F3N2O4/c26-25(27,28)18-32-15-3-10-29-11-13-30(14-12-29)24(31)23-9-8-22(34-23)17-33-21-7-6-19-4-1-2-5-20(19)16-21/h1-2,4-9,16H,3,10-15,17-18H2. The van der Waals surface area contributed by atoms with Gasteiger partial charge in [0.1, 0.15) is 24.7 Å². The molecule has 0 radical (unpaired) electrons. The molecule has 0 spiro atoms. The minimum Gasteiger partial charge on any atom is -0.486 e. The summed E-state index contributed by atoms with van der Waals surface area (Å²) in [7, 11) is 0. The number of fused-ring (bicyclic) bond motifs is 1. The predicted octanol–water partition coefficient (Wildman–Crippen LogP) is 4.74. The number of hydrogen-bond donors (Lipinski definition) is 0. The Morgan fingerprint density at radius 2 is 1.74 bits per heavy atom. The van der Waals surface area contributed by atoms with Crippen LogP contribution in [0.4, 0.5) is 13.2 Å². The van der Waals surface area contributed by atoms with Gasteiger partial charge < -0.3 is 18.8 Å². The maximum Gasteiger partial charge on any atom is 0.411 e. The number of nitrogens with zero attached hydrogens (tertiary/aromatic N) is 2. The molecule has 34 heavy (non-hydrogen) atoms. The van der Waals surface area contributed by atoms with Crippen LogP contribution in [0.2, 0.25) is 0 Å². The Bertz CT molecular complexity index is 1090. The summed E-state index contributed by atoms with van der Waals surface area (Å²) in [6.45, 7) is 2.08. The van der Waals surface area contributed by atoms with E-state index in [2.05, 4.69) is 9.64 Å². The molecule has 182 valence electrons. The largest absolute Gasteiger partial charge is 0.486 e. The molecule has 9 heteroatoms. The molecular weight excluding hydrogens is 449 g/mol. The first kappa shape index (κ1) is 24.1. The van der Waals surface area contributed by atoms with Crippen molar-refractivity contribution in [3.63, 3.8) is 0 Å². The minimum atomic E-state index is -4.29. The zero-order valence-electron chi connectivity index (χ0n) is 18.7. The van der Waals surface area contributed by atoms with E-state index in [1.807, 2.05) is 42.5 Å². The van der Waals surface area contributed by atoms with E-state index in [4.69, 9.17) is 9.15 Å². The van der Waals surface area contributed by atoms with Crippen molar-refractivity contribution in [2.24, 2.45) is 0 Å². The van der Waals surface area contributed by atoms with Crippen LogP contribution in [0.3, 0.4) is 0 Å². The summed E-state index contributed by atoms with van der Waals surface area (Å²) < 4.78 is 52.4. The summed E-state index contributed by atoms with van der Waals surface area (Å²) in [6, 6.07) is 17.3. The third kappa shape index (κ3) is 6.74. The van der Waals surface area contributed by atoms with Gasteiger partial charge in [-0.2, -0.15) is 13.2 Å². The van der Waals surface area contributed by atoms with E-state index >= 15 is 0 Å². The second kappa shape index (κ2) is 10.9. The Balaban J connectivity index is 1.20. The number of halogens is 3. The molecule has 4 rings (SSSR count). The van der Waals surface area contributed by atoms with E-state index in [1.54, 1.807) is 17.0 Å². The average Bonchev–Trinajstić information content (AvgIpc) is 3.31. The Hall–Kier alpha value is -3.04. The van der Waals surface area contributed by atoms with Crippen molar-refractivity contribution in [3.8, 4) is 5.75 Å². The molecule has 0 unspecified atom stereocenters. The predicted molar refractivity (Wildman–Crippen MR) is 121 cm³/mol. The highest BCUT2D eigenvalue weighted by molar-refractivity contribution is 5.91. The molecule has 1 aliphatic heterocycles. The number of carbonyl (C=O) groups excluding carboxylic acids is 1. The van der Waals surface area contributed by atoms with Crippen molar-refractivity contribution >= 4 is 16.7 Å². The zero-order chi connectivity index (χ0) is 24.0. The van der Waals surface area contributed by atoms with Crippen LogP contribution in [0.1, 0.15) is 22.7 Å². The van der Waals surface area contributed by atoms with E-state index in [0.29, 0.717) is 44.9 Å². The summed E-state index contributed by atoms with van der Waals surface area (Å²) >= 11 is 0. The van der Waals surface area contributed by atoms with E-state index in [-0.39, 0.29) is 24.9 Å². The molecule has 1 aliphatic rings. The van der Waals surface area contributed by atoms with Crippen LogP contribution < -0.4 is 4.74 Å². The zero-order valence-corrected chi connectivity index (χ0v) is 18.7. The van der Waals surface area contributed by atoms with Gasteiger partial charge in [-0.1, -0.05) is 30.3 Å². The smallest absolute Gasteiger partial charge is 0.411 e. The number of carbonyl (C=O) groups is 1. The molecule has 1 fully saturated rings. The highest BCUT2D eigenvalue weighted by Crippen LogP contribution is 2.22. The number of furan rings is 1. The SMILES string of the molecule is O=C(c1ccc(COc2ccc3ccccc3c2)o1)N1CCN(CCCOCC(F)(F)F)CC1. The van der Waals surface area contributed by atoms with Gasteiger partial charge in [0.15, 0.2) is 5.76 Å². The highest BCUT2D eigenvalue weighted by Gasteiger charge is 2.27. The molecule has 6 nitrogen and oxygen atoms in total. The first-order valence-corrected chi connectivity index (χ1v) is 11.2. The van der Waals surface area contributed by atoms with Crippen LogP contribution in [-0.2, 0) is 11.3 Å². The molecule has 1 amide bonds. The Labute approximate surface area is 195 Å². The number of piperazine rings is 1. The fourth-order valence-electron chi connectivity index (χ4n) is 3.89. The van der Waals surface area contributed by atoms with Crippen LogP contribution >= 0.6 is 0 Å². The van der Waals surface area contributed by atoms with Crippen LogP contribution in [0.15, 0.2) is 59.0 Å². The number of ether oxygens (including phenoxy) is 2. The lowest BCUT2D eigenvalue weighted by Gasteiger charge is -2.34. The molecule has 1 aromatic heterocycles. The third-order valence-electron chi connectivity index (χ3n) is 5.66. The van der Waals surface area contributed by atoms with Gasteiger partial charge >= 0.3 is 6.18 Å². The maximum atomic E-state index is 12.8. The first-order chi connectivity index (χ1) is 16.4. The Kier molecular flexibility index (Phi) is 7.74. The van der Waals surface area contributed by atoms with Gasteiger partial charge in [0.2, 0.25) is 0 Å². The van der Waals surface area contributed by atoms with Crippen LogP contribution in [0.5, 0.6) is 5.75 Å². The third-order valence-corrected chi connectivity index (χ3v) is 5.66. The summed E-state index contributed by atoms with van der Waals surface area (Å²) in [5.41, 5.74) is 0. The second-order valence-electron chi connectivity index (χ2n) is 8.22. The van der Waals surface area contributed by atoms with Crippen molar-refractivity contribution in [2.75, 3.05) is 45.9 Å². The van der Waals surface area contributed by atoms with Crippen LogP contribution in [0.25, 0.3) is 10.8 Å². The average molecular weight is 476 g/mol. The summed E-state index contributed by atoms with van der Waals surface area (Å²) in [6.07, 6.45) is -3.77.